The third-order valence-electron chi connectivity index (χ3n) is 3.81. The molecule has 1 aliphatic heterocycles. The zero-order valence-electron chi connectivity index (χ0n) is 9.67. The third kappa shape index (κ3) is 2.44. The summed E-state index contributed by atoms with van der Waals surface area (Å²) < 4.78 is 5.32. The molecule has 2 unspecified atom stereocenters. The average Bonchev–Trinajstić information content (AvgIpc) is 2.45. The van der Waals surface area contributed by atoms with Crippen LogP contribution in [0.2, 0.25) is 0 Å². The van der Waals surface area contributed by atoms with Gasteiger partial charge >= 0.3 is 0 Å². The summed E-state index contributed by atoms with van der Waals surface area (Å²) >= 11 is 0. The molecule has 0 radical (unpaired) electrons. The first-order valence-corrected chi connectivity index (χ1v) is 6.22. The fraction of sp³-hybridized carbons (Fsp3) is 0.917. The van der Waals surface area contributed by atoms with Gasteiger partial charge in [-0.2, -0.15) is 0 Å². The first-order chi connectivity index (χ1) is 7.24. The van der Waals surface area contributed by atoms with E-state index in [2.05, 4.69) is 11.9 Å². The van der Waals surface area contributed by atoms with E-state index in [1.807, 2.05) is 0 Å². The Morgan fingerprint density at radius 1 is 1.47 bits per heavy atom. The van der Waals surface area contributed by atoms with E-state index in [4.69, 9.17) is 10.5 Å². The Morgan fingerprint density at radius 2 is 2.33 bits per heavy atom. The zero-order chi connectivity index (χ0) is 10.7. The Morgan fingerprint density at radius 3 is 3.00 bits per heavy atom. The van der Waals surface area contributed by atoms with E-state index in [0.29, 0.717) is 6.02 Å². The number of ether oxygens (including phenoxy) is 1. The molecule has 2 rings (SSSR count). The molecule has 3 heteroatoms. The lowest BCUT2D eigenvalue weighted by atomic mass is 9.91. The summed E-state index contributed by atoms with van der Waals surface area (Å²) in [5.74, 6) is 0.909. The fourth-order valence-corrected chi connectivity index (χ4v) is 2.92. The highest BCUT2D eigenvalue weighted by Gasteiger charge is 2.37. The Bertz CT molecular complexity index is 252. The number of rotatable bonds is 2. The van der Waals surface area contributed by atoms with Crippen LogP contribution < -0.4 is 5.73 Å². The monoisotopic (exact) mass is 210 g/mol. The first kappa shape index (κ1) is 10.8. The van der Waals surface area contributed by atoms with Crippen LogP contribution in [0.1, 0.15) is 51.9 Å². The molecule has 2 N–H and O–H groups in total. The van der Waals surface area contributed by atoms with E-state index < -0.39 is 0 Å². The van der Waals surface area contributed by atoms with Gasteiger partial charge in [-0.15, -0.1) is 0 Å². The summed E-state index contributed by atoms with van der Waals surface area (Å²) in [5.41, 5.74) is 5.66. The first-order valence-electron chi connectivity index (χ1n) is 6.22. The van der Waals surface area contributed by atoms with Gasteiger partial charge in [0.25, 0.3) is 6.02 Å². The number of hydrogen-bond acceptors (Lipinski definition) is 3. The molecule has 2 atom stereocenters. The van der Waals surface area contributed by atoms with Gasteiger partial charge in [-0.25, -0.2) is 4.99 Å². The van der Waals surface area contributed by atoms with Crippen molar-refractivity contribution in [1.29, 1.82) is 0 Å². The van der Waals surface area contributed by atoms with Gasteiger partial charge in [-0.1, -0.05) is 32.6 Å². The van der Waals surface area contributed by atoms with Gasteiger partial charge in [-0.05, 0) is 25.2 Å². The minimum atomic E-state index is 0.0482. The Balaban J connectivity index is 1.95. The lowest BCUT2D eigenvalue weighted by molar-refractivity contribution is 0.232. The molecule has 15 heavy (non-hydrogen) atoms. The SMILES string of the molecule is CCCC1CCCC2(CC1)COC(N)=N2. The predicted molar refractivity (Wildman–Crippen MR) is 61.8 cm³/mol. The topological polar surface area (TPSA) is 47.6 Å². The highest BCUT2D eigenvalue weighted by molar-refractivity contribution is 5.73. The Kier molecular flexibility index (Phi) is 3.17. The molecular weight excluding hydrogens is 188 g/mol. The minimum absolute atomic E-state index is 0.0482. The molecule has 1 heterocycles. The zero-order valence-corrected chi connectivity index (χ0v) is 9.67. The van der Waals surface area contributed by atoms with Crippen molar-refractivity contribution >= 4 is 6.02 Å². The summed E-state index contributed by atoms with van der Waals surface area (Å²) in [6.07, 6.45) is 8.95. The number of aliphatic imine (C=N–C) groups is 1. The molecule has 86 valence electrons. The van der Waals surface area contributed by atoms with Crippen LogP contribution in [0.15, 0.2) is 4.99 Å². The molecule has 1 spiro atoms. The summed E-state index contributed by atoms with van der Waals surface area (Å²) in [5, 5.41) is 0. The smallest absolute Gasteiger partial charge is 0.282 e. The van der Waals surface area contributed by atoms with Gasteiger partial charge in [0.1, 0.15) is 12.1 Å². The maximum absolute atomic E-state index is 5.61. The molecular formula is C12H22N2O. The standard InChI is InChI=1S/C12H22N2O/c1-2-4-10-5-3-7-12(8-6-10)9-15-11(13)14-12/h10H,2-9H2,1H3,(H2,13,14). The molecule has 1 aliphatic carbocycles. The number of hydrogen-bond donors (Lipinski definition) is 1. The maximum atomic E-state index is 5.61. The van der Waals surface area contributed by atoms with Crippen LogP contribution in [0.4, 0.5) is 0 Å². The molecule has 0 aromatic carbocycles. The summed E-state index contributed by atoms with van der Waals surface area (Å²) in [7, 11) is 0. The molecule has 0 aromatic heterocycles. The van der Waals surface area contributed by atoms with Crippen LogP contribution in [0.5, 0.6) is 0 Å². The molecule has 0 amide bonds. The van der Waals surface area contributed by atoms with Gasteiger partial charge in [0.15, 0.2) is 0 Å². The van der Waals surface area contributed by atoms with Crippen molar-refractivity contribution in [3.63, 3.8) is 0 Å². The van der Waals surface area contributed by atoms with Crippen molar-refractivity contribution in [3.05, 3.63) is 0 Å². The van der Waals surface area contributed by atoms with Gasteiger partial charge in [0.2, 0.25) is 0 Å². The van der Waals surface area contributed by atoms with Crippen molar-refractivity contribution in [2.24, 2.45) is 16.6 Å². The quantitative estimate of drug-likeness (QED) is 0.761. The highest BCUT2D eigenvalue weighted by atomic mass is 16.5. The number of amidine groups is 1. The summed E-state index contributed by atoms with van der Waals surface area (Å²) in [6.45, 7) is 2.99. The lowest BCUT2D eigenvalue weighted by Crippen LogP contribution is -2.27. The van der Waals surface area contributed by atoms with E-state index in [9.17, 15) is 0 Å². The normalized spacial score (nSPS) is 36.1. The molecule has 0 saturated heterocycles. The van der Waals surface area contributed by atoms with Crippen LogP contribution in [0.3, 0.4) is 0 Å². The fourth-order valence-electron chi connectivity index (χ4n) is 2.92. The van der Waals surface area contributed by atoms with E-state index in [1.54, 1.807) is 0 Å². The van der Waals surface area contributed by atoms with E-state index in [1.165, 1.54) is 38.5 Å². The third-order valence-corrected chi connectivity index (χ3v) is 3.81. The van der Waals surface area contributed by atoms with Gasteiger partial charge in [-0.3, -0.25) is 0 Å². The van der Waals surface area contributed by atoms with Gasteiger partial charge in [0, 0.05) is 0 Å². The molecule has 1 fully saturated rings. The summed E-state index contributed by atoms with van der Waals surface area (Å²) in [6, 6.07) is 0.406. The number of nitrogens with two attached hydrogens (primary N) is 1. The minimum Gasteiger partial charge on any atom is -0.463 e. The van der Waals surface area contributed by atoms with Crippen molar-refractivity contribution in [2.75, 3.05) is 6.61 Å². The molecule has 2 aliphatic rings. The molecule has 1 saturated carbocycles. The van der Waals surface area contributed by atoms with Crippen LogP contribution in [0.25, 0.3) is 0 Å². The van der Waals surface area contributed by atoms with Crippen molar-refractivity contribution in [3.8, 4) is 0 Å². The van der Waals surface area contributed by atoms with E-state index in [-0.39, 0.29) is 5.54 Å². The Labute approximate surface area is 92.1 Å². The van der Waals surface area contributed by atoms with Crippen LogP contribution in [-0.4, -0.2) is 18.2 Å². The second-order valence-electron chi connectivity index (χ2n) is 5.05. The molecule has 3 nitrogen and oxygen atoms in total. The van der Waals surface area contributed by atoms with Gasteiger partial charge < -0.3 is 10.5 Å². The van der Waals surface area contributed by atoms with Crippen molar-refractivity contribution in [1.82, 2.24) is 0 Å². The van der Waals surface area contributed by atoms with Crippen molar-refractivity contribution in [2.45, 2.75) is 57.4 Å². The second-order valence-corrected chi connectivity index (χ2v) is 5.05. The van der Waals surface area contributed by atoms with Gasteiger partial charge in [0.05, 0.1) is 0 Å². The van der Waals surface area contributed by atoms with Crippen molar-refractivity contribution < 1.29 is 4.74 Å². The summed E-state index contributed by atoms with van der Waals surface area (Å²) in [4.78, 5) is 4.51. The molecule has 0 bridgehead atoms. The van der Waals surface area contributed by atoms with E-state index >= 15 is 0 Å². The average molecular weight is 210 g/mol. The largest absolute Gasteiger partial charge is 0.463 e. The van der Waals surface area contributed by atoms with Crippen LogP contribution in [-0.2, 0) is 4.74 Å². The predicted octanol–water partition coefficient (Wildman–Crippen LogP) is 2.45. The Hall–Kier alpha value is -0.730. The van der Waals surface area contributed by atoms with Crippen LogP contribution in [0, 0.1) is 5.92 Å². The lowest BCUT2D eigenvalue weighted by Gasteiger charge is -2.21. The highest BCUT2D eigenvalue weighted by Crippen LogP contribution is 2.37. The van der Waals surface area contributed by atoms with Crippen LogP contribution >= 0.6 is 0 Å². The second kappa shape index (κ2) is 4.42. The van der Waals surface area contributed by atoms with E-state index in [0.717, 1.165) is 18.9 Å². The number of nitrogens with zero attached hydrogens (tertiary/aromatic N) is 1. The molecule has 0 aromatic rings. The maximum Gasteiger partial charge on any atom is 0.282 e.